The number of rotatable bonds is 7. The molecular weight excluding hydrogens is 350 g/mol. The second-order valence-corrected chi connectivity index (χ2v) is 7.79. The summed E-state index contributed by atoms with van der Waals surface area (Å²) < 4.78 is 5.27. The van der Waals surface area contributed by atoms with Crippen molar-refractivity contribution in [3.05, 3.63) is 59.7 Å². The quantitative estimate of drug-likeness (QED) is 0.800. The Morgan fingerprint density at radius 1 is 1.11 bits per heavy atom. The van der Waals surface area contributed by atoms with Crippen molar-refractivity contribution >= 4 is 11.6 Å². The molecule has 28 heavy (non-hydrogen) atoms. The molecule has 0 bridgehead atoms. The normalized spacial score (nSPS) is 17.6. The molecule has 2 aromatic rings. The SMILES string of the molecule is COc1cccc(NCCN2CCC(CN3Cc4ccccc4C3=O)CC2)c1. The molecule has 0 unspecified atom stereocenters. The molecule has 2 aromatic carbocycles. The maximum Gasteiger partial charge on any atom is 0.254 e. The van der Waals surface area contributed by atoms with Gasteiger partial charge in [-0.25, -0.2) is 0 Å². The van der Waals surface area contributed by atoms with Crippen LogP contribution in [0.25, 0.3) is 0 Å². The van der Waals surface area contributed by atoms with Gasteiger partial charge in [0, 0.05) is 43.5 Å². The molecule has 0 atom stereocenters. The van der Waals surface area contributed by atoms with Crippen LogP contribution in [0.2, 0.25) is 0 Å². The van der Waals surface area contributed by atoms with Crippen LogP contribution in [-0.4, -0.2) is 55.5 Å². The number of piperidine rings is 1. The molecule has 0 spiro atoms. The van der Waals surface area contributed by atoms with Crippen molar-refractivity contribution in [1.29, 1.82) is 0 Å². The zero-order valence-corrected chi connectivity index (χ0v) is 16.6. The Hall–Kier alpha value is -2.53. The lowest BCUT2D eigenvalue weighted by atomic mass is 9.96. The Bertz CT molecular complexity index is 815. The minimum atomic E-state index is 0.209. The van der Waals surface area contributed by atoms with Crippen molar-refractivity contribution in [2.75, 3.05) is 45.2 Å². The summed E-state index contributed by atoms with van der Waals surface area (Å²) in [5.74, 6) is 1.70. The van der Waals surface area contributed by atoms with Gasteiger partial charge in [-0.3, -0.25) is 4.79 Å². The second kappa shape index (κ2) is 8.65. The Kier molecular flexibility index (Phi) is 5.81. The summed E-state index contributed by atoms with van der Waals surface area (Å²) in [7, 11) is 1.69. The molecule has 1 N–H and O–H groups in total. The van der Waals surface area contributed by atoms with E-state index in [-0.39, 0.29) is 5.91 Å². The average molecular weight is 380 g/mol. The van der Waals surface area contributed by atoms with Gasteiger partial charge < -0.3 is 19.9 Å². The van der Waals surface area contributed by atoms with Crippen molar-refractivity contribution < 1.29 is 9.53 Å². The van der Waals surface area contributed by atoms with E-state index >= 15 is 0 Å². The van der Waals surface area contributed by atoms with E-state index in [4.69, 9.17) is 4.74 Å². The highest BCUT2D eigenvalue weighted by Gasteiger charge is 2.29. The van der Waals surface area contributed by atoms with Gasteiger partial charge in [-0.05, 0) is 55.6 Å². The lowest BCUT2D eigenvalue weighted by molar-refractivity contribution is 0.0715. The van der Waals surface area contributed by atoms with E-state index in [9.17, 15) is 4.79 Å². The zero-order valence-electron chi connectivity index (χ0n) is 16.6. The van der Waals surface area contributed by atoms with E-state index in [1.54, 1.807) is 7.11 Å². The monoisotopic (exact) mass is 379 g/mol. The minimum absolute atomic E-state index is 0.209. The Morgan fingerprint density at radius 3 is 2.71 bits per heavy atom. The topological polar surface area (TPSA) is 44.8 Å². The van der Waals surface area contributed by atoms with E-state index in [0.717, 1.165) is 56.3 Å². The largest absolute Gasteiger partial charge is 0.497 e. The number of nitrogens with one attached hydrogen (secondary N) is 1. The molecule has 5 heteroatoms. The van der Waals surface area contributed by atoms with Gasteiger partial charge in [-0.1, -0.05) is 24.3 Å². The van der Waals surface area contributed by atoms with Crippen LogP contribution in [0, 0.1) is 5.92 Å². The summed E-state index contributed by atoms with van der Waals surface area (Å²) >= 11 is 0. The van der Waals surface area contributed by atoms with Crippen LogP contribution < -0.4 is 10.1 Å². The lowest BCUT2D eigenvalue weighted by Crippen LogP contribution is -2.40. The Labute approximate surface area is 167 Å². The van der Waals surface area contributed by atoms with Crippen LogP contribution >= 0.6 is 0 Å². The first-order valence-electron chi connectivity index (χ1n) is 10.2. The third kappa shape index (κ3) is 4.30. The molecule has 1 fully saturated rings. The maximum absolute atomic E-state index is 12.6. The average Bonchev–Trinajstić information content (AvgIpc) is 3.05. The van der Waals surface area contributed by atoms with Gasteiger partial charge in [-0.15, -0.1) is 0 Å². The minimum Gasteiger partial charge on any atom is -0.497 e. The molecule has 148 valence electrons. The predicted molar refractivity (Wildman–Crippen MR) is 112 cm³/mol. The van der Waals surface area contributed by atoms with Gasteiger partial charge in [0.05, 0.1) is 7.11 Å². The molecule has 0 radical (unpaired) electrons. The number of hydrogen-bond acceptors (Lipinski definition) is 4. The fourth-order valence-electron chi connectivity index (χ4n) is 4.26. The first kappa shape index (κ1) is 18.8. The molecule has 2 aliphatic rings. The number of nitrogens with zero attached hydrogens (tertiary/aromatic N) is 2. The Morgan fingerprint density at radius 2 is 1.93 bits per heavy atom. The summed E-state index contributed by atoms with van der Waals surface area (Å²) in [6, 6.07) is 16.1. The second-order valence-electron chi connectivity index (χ2n) is 7.79. The standard InChI is InChI=1S/C23H29N3O2/c1-28-21-7-4-6-20(15-21)24-11-14-25-12-9-18(10-13-25)16-26-17-19-5-2-3-8-22(19)23(26)27/h2-8,15,18,24H,9-14,16-17H2,1H3. The number of likely N-dealkylation sites (tertiary alicyclic amines) is 1. The van der Waals surface area contributed by atoms with Gasteiger partial charge in [0.1, 0.15) is 5.75 Å². The van der Waals surface area contributed by atoms with Crippen LogP contribution in [0.4, 0.5) is 5.69 Å². The highest BCUT2D eigenvalue weighted by Crippen LogP contribution is 2.26. The van der Waals surface area contributed by atoms with Crippen LogP contribution in [0.5, 0.6) is 5.75 Å². The number of fused-ring (bicyclic) bond motifs is 1. The van der Waals surface area contributed by atoms with E-state index in [1.165, 1.54) is 18.4 Å². The molecule has 1 amide bonds. The Balaban J connectivity index is 1.18. The third-order valence-electron chi connectivity index (χ3n) is 5.91. The molecule has 0 saturated carbocycles. The number of hydrogen-bond donors (Lipinski definition) is 1. The number of amides is 1. The van der Waals surface area contributed by atoms with Crippen LogP contribution in [-0.2, 0) is 6.54 Å². The summed E-state index contributed by atoms with van der Waals surface area (Å²) in [5.41, 5.74) is 3.17. The van der Waals surface area contributed by atoms with Gasteiger partial charge in [-0.2, -0.15) is 0 Å². The number of ether oxygens (including phenoxy) is 1. The van der Waals surface area contributed by atoms with Crippen molar-refractivity contribution in [3.63, 3.8) is 0 Å². The first-order chi connectivity index (χ1) is 13.7. The summed E-state index contributed by atoms with van der Waals surface area (Å²) in [6.07, 6.45) is 2.33. The fraction of sp³-hybridized carbons (Fsp3) is 0.435. The van der Waals surface area contributed by atoms with Crippen molar-refractivity contribution in [2.24, 2.45) is 5.92 Å². The first-order valence-corrected chi connectivity index (χ1v) is 10.2. The number of carbonyl (C=O) groups is 1. The molecule has 2 aliphatic heterocycles. The lowest BCUT2D eigenvalue weighted by Gasteiger charge is -2.33. The number of carbonyl (C=O) groups excluding carboxylic acids is 1. The van der Waals surface area contributed by atoms with E-state index in [2.05, 4.69) is 22.3 Å². The van der Waals surface area contributed by atoms with Gasteiger partial charge in [0.15, 0.2) is 0 Å². The van der Waals surface area contributed by atoms with Crippen molar-refractivity contribution in [2.45, 2.75) is 19.4 Å². The van der Waals surface area contributed by atoms with Crippen molar-refractivity contribution in [3.8, 4) is 5.75 Å². The summed E-state index contributed by atoms with van der Waals surface area (Å²) in [4.78, 5) is 17.1. The smallest absolute Gasteiger partial charge is 0.254 e. The summed E-state index contributed by atoms with van der Waals surface area (Å²) in [5, 5.41) is 3.48. The number of methoxy groups -OCH3 is 1. The molecular formula is C23H29N3O2. The number of benzene rings is 2. The van der Waals surface area contributed by atoms with Crippen LogP contribution in [0.1, 0.15) is 28.8 Å². The van der Waals surface area contributed by atoms with Crippen LogP contribution in [0.15, 0.2) is 48.5 Å². The van der Waals surface area contributed by atoms with Crippen LogP contribution in [0.3, 0.4) is 0 Å². The van der Waals surface area contributed by atoms with E-state index in [1.807, 2.05) is 41.3 Å². The van der Waals surface area contributed by atoms with E-state index < -0.39 is 0 Å². The van der Waals surface area contributed by atoms with Gasteiger partial charge in [0.25, 0.3) is 5.91 Å². The highest BCUT2D eigenvalue weighted by molar-refractivity contribution is 5.98. The van der Waals surface area contributed by atoms with Gasteiger partial charge in [0.2, 0.25) is 0 Å². The highest BCUT2D eigenvalue weighted by atomic mass is 16.5. The maximum atomic E-state index is 12.6. The van der Waals surface area contributed by atoms with Crippen molar-refractivity contribution in [1.82, 2.24) is 9.80 Å². The molecule has 2 heterocycles. The summed E-state index contributed by atoms with van der Waals surface area (Å²) in [6.45, 7) is 5.86. The number of anilines is 1. The van der Waals surface area contributed by atoms with Gasteiger partial charge >= 0.3 is 0 Å². The predicted octanol–water partition coefficient (Wildman–Crippen LogP) is 3.48. The third-order valence-corrected chi connectivity index (χ3v) is 5.91. The molecule has 0 aliphatic carbocycles. The fourth-order valence-corrected chi connectivity index (χ4v) is 4.26. The zero-order chi connectivity index (χ0) is 19.3. The van der Waals surface area contributed by atoms with E-state index in [0.29, 0.717) is 5.92 Å². The molecule has 1 saturated heterocycles. The molecule has 5 nitrogen and oxygen atoms in total. The molecule has 4 rings (SSSR count). The molecule has 0 aromatic heterocycles.